The van der Waals surface area contributed by atoms with E-state index >= 15 is 0 Å². The molecule has 1 aliphatic heterocycles. The van der Waals surface area contributed by atoms with Crippen LogP contribution >= 0.6 is 0 Å². The molecule has 2 aromatic heterocycles. The Morgan fingerprint density at radius 2 is 1.89 bits per heavy atom. The van der Waals surface area contributed by atoms with Crippen molar-refractivity contribution in [2.24, 2.45) is 0 Å². The summed E-state index contributed by atoms with van der Waals surface area (Å²) in [7, 11) is 0. The first-order chi connectivity index (χ1) is 13.0. The third kappa shape index (κ3) is 3.20. The number of rotatable bonds is 1. The molecule has 1 aromatic carbocycles. The van der Waals surface area contributed by atoms with E-state index in [0.717, 1.165) is 11.1 Å². The van der Waals surface area contributed by atoms with Crippen LogP contribution in [-0.4, -0.2) is 52.5 Å². The molecule has 27 heavy (non-hydrogen) atoms. The number of nitrogen functional groups attached to an aromatic ring is 1. The minimum atomic E-state index is -0.423. The number of nitrogens with one attached hydrogen (secondary N) is 2. The van der Waals surface area contributed by atoms with Crippen molar-refractivity contribution in [1.29, 1.82) is 10.8 Å². The molecule has 4 rings (SSSR count). The number of carbonyl (C=O) groups excluding carboxylic acids is 1. The first kappa shape index (κ1) is 17.0. The highest BCUT2D eigenvalue weighted by Crippen LogP contribution is 2.24. The molecule has 3 aromatic rings. The Kier molecular flexibility index (Phi) is 4.21. The van der Waals surface area contributed by atoms with E-state index in [1.807, 2.05) is 12.1 Å². The molecule has 1 saturated heterocycles. The molecule has 0 aliphatic carbocycles. The van der Waals surface area contributed by atoms with E-state index in [9.17, 15) is 4.79 Å². The van der Waals surface area contributed by atoms with Gasteiger partial charge in [-0.25, -0.2) is 0 Å². The number of oxazole rings is 1. The second-order valence-electron chi connectivity index (χ2n) is 6.16. The highest BCUT2D eigenvalue weighted by Gasteiger charge is 2.22. The monoisotopic (exact) mass is 366 g/mol. The highest BCUT2D eigenvalue weighted by atomic mass is 16.5. The molecule has 9 nitrogen and oxygen atoms in total. The number of nitrogens with two attached hydrogens (primary N) is 1. The van der Waals surface area contributed by atoms with Crippen molar-refractivity contribution in [3.05, 3.63) is 42.0 Å². The van der Waals surface area contributed by atoms with E-state index in [-0.39, 0.29) is 17.3 Å². The van der Waals surface area contributed by atoms with Crippen molar-refractivity contribution < 1.29 is 13.9 Å². The van der Waals surface area contributed by atoms with Crippen molar-refractivity contribution in [3.8, 4) is 11.1 Å². The number of pyridine rings is 1. The molecule has 3 heterocycles. The Balaban J connectivity index is 1.68. The van der Waals surface area contributed by atoms with Crippen molar-refractivity contribution in [2.75, 3.05) is 32.0 Å². The lowest BCUT2D eigenvalue weighted by atomic mass is 10.1. The number of hydrogen-bond acceptors (Lipinski definition) is 7. The van der Waals surface area contributed by atoms with Gasteiger partial charge in [0.25, 0.3) is 11.9 Å². The van der Waals surface area contributed by atoms with E-state index in [1.165, 1.54) is 4.57 Å². The lowest BCUT2D eigenvalue weighted by Gasteiger charge is -2.27. The standard InChI is InChI=1S/C18H18N6O3/c19-15-4-2-12(11-1-3-14-13(9-11)22-18(21)27-14)10-24(15)16(20)17(25)23-5-7-26-8-6-23/h1-4,9-10,19-20H,5-8H2,(H2,21,22). The maximum atomic E-state index is 12.6. The van der Waals surface area contributed by atoms with Gasteiger partial charge in [0.05, 0.1) is 13.2 Å². The molecule has 0 spiro atoms. The molecule has 9 heteroatoms. The summed E-state index contributed by atoms with van der Waals surface area (Å²) in [5.74, 6) is -0.691. The Labute approximate surface area is 154 Å². The normalized spacial score (nSPS) is 14.4. The van der Waals surface area contributed by atoms with E-state index in [0.29, 0.717) is 37.4 Å². The predicted octanol–water partition coefficient (Wildman–Crippen LogP) is 1.04. The maximum absolute atomic E-state index is 12.6. The van der Waals surface area contributed by atoms with Crippen molar-refractivity contribution in [3.63, 3.8) is 0 Å². The zero-order chi connectivity index (χ0) is 19.0. The number of anilines is 1. The smallest absolute Gasteiger partial charge is 0.292 e. The number of benzene rings is 1. The number of fused-ring (bicyclic) bond motifs is 1. The molecule has 0 unspecified atom stereocenters. The molecular formula is C18H18N6O3. The van der Waals surface area contributed by atoms with E-state index < -0.39 is 5.91 Å². The van der Waals surface area contributed by atoms with Gasteiger partial charge in [-0.1, -0.05) is 6.07 Å². The van der Waals surface area contributed by atoms with Gasteiger partial charge in [0, 0.05) is 19.3 Å². The van der Waals surface area contributed by atoms with Crippen LogP contribution in [0.3, 0.4) is 0 Å². The van der Waals surface area contributed by atoms with Gasteiger partial charge >= 0.3 is 0 Å². The molecule has 1 fully saturated rings. The minimum Gasteiger partial charge on any atom is -0.424 e. The van der Waals surface area contributed by atoms with Crippen LogP contribution in [0.4, 0.5) is 6.01 Å². The van der Waals surface area contributed by atoms with Gasteiger partial charge in [-0.2, -0.15) is 4.98 Å². The summed E-state index contributed by atoms with van der Waals surface area (Å²) < 4.78 is 11.8. The second-order valence-corrected chi connectivity index (χ2v) is 6.16. The summed E-state index contributed by atoms with van der Waals surface area (Å²) >= 11 is 0. The van der Waals surface area contributed by atoms with Crippen LogP contribution in [0.15, 0.2) is 40.9 Å². The average Bonchev–Trinajstić information content (AvgIpc) is 3.07. The maximum Gasteiger partial charge on any atom is 0.292 e. The first-order valence-corrected chi connectivity index (χ1v) is 8.42. The number of ether oxygens (including phenoxy) is 1. The Hall–Kier alpha value is -3.46. The van der Waals surface area contributed by atoms with Crippen LogP contribution in [0, 0.1) is 10.8 Å². The third-order valence-corrected chi connectivity index (χ3v) is 4.43. The molecule has 0 bridgehead atoms. The van der Waals surface area contributed by atoms with Crippen LogP contribution in [-0.2, 0) is 9.53 Å². The van der Waals surface area contributed by atoms with Gasteiger partial charge in [-0.3, -0.25) is 20.2 Å². The fourth-order valence-corrected chi connectivity index (χ4v) is 3.00. The average molecular weight is 366 g/mol. The zero-order valence-corrected chi connectivity index (χ0v) is 14.4. The summed E-state index contributed by atoms with van der Waals surface area (Å²) in [6.07, 6.45) is 1.60. The van der Waals surface area contributed by atoms with Gasteiger partial charge in [-0.15, -0.1) is 0 Å². The zero-order valence-electron chi connectivity index (χ0n) is 14.4. The van der Waals surface area contributed by atoms with Gasteiger partial charge in [0.2, 0.25) is 0 Å². The molecule has 1 aliphatic rings. The largest absolute Gasteiger partial charge is 0.424 e. The SMILES string of the molecule is N=C(C(=O)N1CCOCC1)n1cc(-c2ccc3oc(N)nc3c2)ccc1=N. The van der Waals surface area contributed by atoms with Gasteiger partial charge in [0.1, 0.15) is 11.0 Å². The van der Waals surface area contributed by atoms with Crippen molar-refractivity contribution in [2.45, 2.75) is 0 Å². The summed E-state index contributed by atoms with van der Waals surface area (Å²) in [6, 6.07) is 8.82. The molecule has 1 amide bonds. The molecular weight excluding hydrogens is 348 g/mol. The highest BCUT2D eigenvalue weighted by molar-refractivity contribution is 6.37. The minimum absolute atomic E-state index is 0.0529. The van der Waals surface area contributed by atoms with Crippen LogP contribution < -0.4 is 11.2 Å². The van der Waals surface area contributed by atoms with Crippen LogP contribution in [0.2, 0.25) is 0 Å². The van der Waals surface area contributed by atoms with E-state index in [2.05, 4.69) is 4.98 Å². The molecule has 138 valence electrons. The lowest BCUT2D eigenvalue weighted by Crippen LogP contribution is -2.47. The van der Waals surface area contributed by atoms with Gasteiger partial charge in [0.15, 0.2) is 11.4 Å². The molecule has 0 atom stereocenters. The predicted molar refractivity (Wildman–Crippen MR) is 98.2 cm³/mol. The molecule has 4 N–H and O–H groups in total. The topological polar surface area (TPSA) is 134 Å². The van der Waals surface area contributed by atoms with Crippen LogP contribution in [0.5, 0.6) is 0 Å². The number of nitrogens with zero attached hydrogens (tertiary/aromatic N) is 3. The molecule has 0 saturated carbocycles. The number of hydrogen-bond donors (Lipinski definition) is 3. The fourth-order valence-electron chi connectivity index (χ4n) is 3.00. The van der Waals surface area contributed by atoms with Gasteiger partial charge in [-0.05, 0) is 35.4 Å². The van der Waals surface area contributed by atoms with Crippen LogP contribution in [0.1, 0.15) is 0 Å². The number of aromatic nitrogens is 2. The van der Waals surface area contributed by atoms with Crippen molar-refractivity contribution in [1.82, 2.24) is 14.5 Å². The van der Waals surface area contributed by atoms with Crippen LogP contribution in [0.25, 0.3) is 22.2 Å². The van der Waals surface area contributed by atoms with E-state index in [4.69, 9.17) is 25.7 Å². The van der Waals surface area contributed by atoms with E-state index in [1.54, 1.807) is 29.3 Å². The summed E-state index contributed by atoms with van der Waals surface area (Å²) in [6.45, 7) is 1.80. The lowest BCUT2D eigenvalue weighted by molar-refractivity contribution is -0.128. The Bertz CT molecular complexity index is 1090. The van der Waals surface area contributed by atoms with Gasteiger partial charge < -0.3 is 19.8 Å². The molecule has 0 radical (unpaired) electrons. The summed E-state index contributed by atoms with van der Waals surface area (Å²) in [5, 5.41) is 16.4. The fraction of sp³-hybridized carbons (Fsp3) is 0.222. The number of amides is 1. The summed E-state index contributed by atoms with van der Waals surface area (Å²) in [5.41, 5.74) is 8.39. The summed E-state index contributed by atoms with van der Waals surface area (Å²) in [4.78, 5) is 18.3. The van der Waals surface area contributed by atoms with Crippen molar-refractivity contribution >= 4 is 28.9 Å². The quantitative estimate of drug-likeness (QED) is 0.437. The number of carbonyl (C=O) groups is 1. The first-order valence-electron chi connectivity index (χ1n) is 8.42. The number of morpholine rings is 1. The second kappa shape index (κ2) is 6.69. The third-order valence-electron chi connectivity index (χ3n) is 4.43. The Morgan fingerprint density at radius 3 is 2.67 bits per heavy atom. The Morgan fingerprint density at radius 1 is 1.15 bits per heavy atom.